The molecule has 0 radical (unpaired) electrons. The van der Waals surface area contributed by atoms with E-state index in [9.17, 15) is 0 Å². The predicted octanol–water partition coefficient (Wildman–Crippen LogP) is 2.74. The molecule has 1 aromatic heterocycles. The summed E-state index contributed by atoms with van der Waals surface area (Å²) < 4.78 is 0. The van der Waals surface area contributed by atoms with Crippen molar-refractivity contribution in [1.29, 1.82) is 0 Å². The molecule has 0 atom stereocenters. The molecule has 0 saturated heterocycles. The molecule has 1 aromatic rings. The molecule has 1 N–H and O–H groups in total. The SMILES string of the molecule is C=CCCCN(C)c1ncccc1CNC1CC1. The molecule has 1 heterocycles. The maximum Gasteiger partial charge on any atom is 0.132 e. The highest BCUT2D eigenvalue weighted by molar-refractivity contribution is 5.45. The molecule has 1 saturated carbocycles. The maximum atomic E-state index is 4.52. The van der Waals surface area contributed by atoms with E-state index >= 15 is 0 Å². The van der Waals surface area contributed by atoms with Gasteiger partial charge in [-0.2, -0.15) is 0 Å². The number of allylic oxidation sites excluding steroid dienone is 1. The van der Waals surface area contributed by atoms with E-state index in [1.54, 1.807) is 0 Å². The lowest BCUT2D eigenvalue weighted by Gasteiger charge is -2.21. The average Bonchev–Trinajstić information content (AvgIpc) is 3.21. The molecule has 1 fully saturated rings. The zero-order chi connectivity index (χ0) is 12.8. The van der Waals surface area contributed by atoms with Crippen molar-refractivity contribution in [3.63, 3.8) is 0 Å². The number of hydrogen-bond donors (Lipinski definition) is 1. The molecule has 0 amide bonds. The van der Waals surface area contributed by atoms with Crippen LogP contribution in [0.15, 0.2) is 31.0 Å². The molecule has 0 aliphatic heterocycles. The van der Waals surface area contributed by atoms with Gasteiger partial charge in [-0.15, -0.1) is 6.58 Å². The number of rotatable bonds is 8. The van der Waals surface area contributed by atoms with E-state index in [-0.39, 0.29) is 0 Å². The molecule has 0 aromatic carbocycles. The minimum atomic E-state index is 0.740. The second-order valence-corrected chi connectivity index (χ2v) is 4.99. The third-order valence-electron chi connectivity index (χ3n) is 3.29. The van der Waals surface area contributed by atoms with Crippen LogP contribution >= 0.6 is 0 Å². The number of nitrogens with zero attached hydrogens (tertiary/aromatic N) is 2. The van der Waals surface area contributed by atoms with Crippen LogP contribution < -0.4 is 10.2 Å². The number of anilines is 1. The van der Waals surface area contributed by atoms with E-state index in [0.29, 0.717) is 0 Å². The molecule has 18 heavy (non-hydrogen) atoms. The lowest BCUT2D eigenvalue weighted by molar-refractivity contribution is 0.681. The third-order valence-corrected chi connectivity index (χ3v) is 3.29. The van der Waals surface area contributed by atoms with E-state index in [1.807, 2.05) is 18.3 Å². The highest BCUT2D eigenvalue weighted by Crippen LogP contribution is 2.21. The van der Waals surface area contributed by atoms with E-state index in [0.717, 1.165) is 37.8 Å². The standard InChI is InChI=1S/C15H23N3/c1-3-4-5-11-18(2)15-13(7-6-10-16-15)12-17-14-8-9-14/h3,6-7,10,14,17H,1,4-5,8-9,11-12H2,2H3. The summed E-state index contributed by atoms with van der Waals surface area (Å²) in [6, 6.07) is 4.93. The molecule has 3 nitrogen and oxygen atoms in total. The molecule has 1 aliphatic rings. The van der Waals surface area contributed by atoms with Crippen LogP contribution in [-0.2, 0) is 6.54 Å². The van der Waals surface area contributed by atoms with Gasteiger partial charge in [-0.1, -0.05) is 12.1 Å². The van der Waals surface area contributed by atoms with Crippen LogP contribution in [0.1, 0.15) is 31.2 Å². The van der Waals surface area contributed by atoms with Gasteiger partial charge in [-0.3, -0.25) is 0 Å². The maximum absolute atomic E-state index is 4.52. The summed E-state index contributed by atoms with van der Waals surface area (Å²) in [5.41, 5.74) is 1.30. The average molecular weight is 245 g/mol. The van der Waals surface area contributed by atoms with Gasteiger partial charge in [0.1, 0.15) is 5.82 Å². The van der Waals surface area contributed by atoms with Crippen LogP contribution in [0.4, 0.5) is 5.82 Å². The summed E-state index contributed by atoms with van der Waals surface area (Å²) in [7, 11) is 2.12. The fourth-order valence-electron chi connectivity index (χ4n) is 2.03. The van der Waals surface area contributed by atoms with Gasteiger partial charge < -0.3 is 10.2 Å². The van der Waals surface area contributed by atoms with E-state index < -0.39 is 0 Å². The van der Waals surface area contributed by atoms with E-state index in [1.165, 1.54) is 18.4 Å². The Morgan fingerprint density at radius 1 is 1.56 bits per heavy atom. The van der Waals surface area contributed by atoms with Crippen molar-refractivity contribution >= 4 is 5.82 Å². The van der Waals surface area contributed by atoms with Gasteiger partial charge in [0.15, 0.2) is 0 Å². The fraction of sp³-hybridized carbons (Fsp3) is 0.533. The number of aromatic nitrogens is 1. The van der Waals surface area contributed by atoms with Gasteiger partial charge in [-0.25, -0.2) is 4.98 Å². The lowest BCUT2D eigenvalue weighted by Crippen LogP contribution is -2.23. The van der Waals surface area contributed by atoms with Crippen molar-refractivity contribution in [3.8, 4) is 0 Å². The fourth-order valence-corrected chi connectivity index (χ4v) is 2.03. The first kappa shape index (κ1) is 13.1. The first-order valence-electron chi connectivity index (χ1n) is 6.80. The van der Waals surface area contributed by atoms with Crippen molar-refractivity contribution in [2.45, 2.75) is 38.3 Å². The van der Waals surface area contributed by atoms with Gasteiger partial charge in [0.25, 0.3) is 0 Å². The van der Waals surface area contributed by atoms with Crippen LogP contribution in [0.2, 0.25) is 0 Å². The summed E-state index contributed by atoms with van der Waals surface area (Å²) in [6.45, 7) is 5.72. The zero-order valence-corrected chi connectivity index (χ0v) is 11.2. The molecule has 1 aliphatic carbocycles. The molecule has 0 spiro atoms. The van der Waals surface area contributed by atoms with Crippen LogP contribution in [-0.4, -0.2) is 24.6 Å². The molecular formula is C15H23N3. The third kappa shape index (κ3) is 3.84. The van der Waals surface area contributed by atoms with E-state index in [4.69, 9.17) is 0 Å². The Balaban J connectivity index is 1.93. The van der Waals surface area contributed by atoms with Gasteiger partial charge in [0.05, 0.1) is 0 Å². The first-order valence-corrected chi connectivity index (χ1v) is 6.80. The monoisotopic (exact) mass is 245 g/mol. The molecule has 0 bridgehead atoms. The Kier molecular flexibility index (Phi) is 4.76. The predicted molar refractivity (Wildman–Crippen MR) is 76.8 cm³/mol. The topological polar surface area (TPSA) is 28.2 Å². The Morgan fingerprint density at radius 2 is 2.39 bits per heavy atom. The number of pyridine rings is 1. The second kappa shape index (κ2) is 6.55. The van der Waals surface area contributed by atoms with Crippen molar-refractivity contribution in [1.82, 2.24) is 10.3 Å². The highest BCUT2D eigenvalue weighted by Gasteiger charge is 2.20. The Hall–Kier alpha value is -1.35. The zero-order valence-electron chi connectivity index (χ0n) is 11.2. The summed E-state index contributed by atoms with van der Waals surface area (Å²) >= 11 is 0. The van der Waals surface area contributed by atoms with Gasteiger partial charge in [-0.05, 0) is 31.7 Å². The number of nitrogens with one attached hydrogen (secondary N) is 1. The summed E-state index contributed by atoms with van der Waals surface area (Å²) in [6.07, 6.45) is 8.69. The second-order valence-electron chi connectivity index (χ2n) is 4.99. The van der Waals surface area contributed by atoms with Gasteiger partial charge >= 0.3 is 0 Å². The molecule has 0 unspecified atom stereocenters. The number of hydrogen-bond acceptors (Lipinski definition) is 3. The molecular weight excluding hydrogens is 222 g/mol. The van der Waals surface area contributed by atoms with Crippen molar-refractivity contribution in [2.24, 2.45) is 0 Å². The van der Waals surface area contributed by atoms with Crippen LogP contribution in [0, 0.1) is 0 Å². The van der Waals surface area contributed by atoms with Gasteiger partial charge in [0, 0.05) is 37.9 Å². The Bertz CT molecular complexity index is 385. The highest BCUT2D eigenvalue weighted by atomic mass is 15.2. The molecule has 2 rings (SSSR count). The quantitative estimate of drug-likeness (QED) is 0.564. The van der Waals surface area contributed by atoms with Gasteiger partial charge in [0.2, 0.25) is 0 Å². The molecule has 3 heteroatoms. The smallest absolute Gasteiger partial charge is 0.132 e. The summed E-state index contributed by atoms with van der Waals surface area (Å²) in [5.74, 6) is 1.11. The van der Waals surface area contributed by atoms with E-state index in [2.05, 4.69) is 34.9 Å². The lowest BCUT2D eigenvalue weighted by atomic mass is 10.2. The first-order chi connectivity index (χ1) is 8.81. The van der Waals surface area contributed by atoms with Crippen LogP contribution in [0.3, 0.4) is 0 Å². The molecule has 98 valence electrons. The largest absolute Gasteiger partial charge is 0.359 e. The van der Waals surface area contributed by atoms with Crippen LogP contribution in [0.5, 0.6) is 0 Å². The Morgan fingerprint density at radius 3 is 3.11 bits per heavy atom. The minimum Gasteiger partial charge on any atom is -0.359 e. The van der Waals surface area contributed by atoms with Crippen LogP contribution in [0.25, 0.3) is 0 Å². The van der Waals surface area contributed by atoms with Crippen molar-refractivity contribution < 1.29 is 0 Å². The summed E-state index contributed by atoms with van der Waals surface area (Å²) in [4.78, 5) is 6.76. The number of unbranched alkanes of at least 4 members (excludes halogenated alkanes) is 1. The minimum absolute atomic E-state index is 0.740. The normalized spacial score (nSPS) is 14.5. The summed E-state index contributed by atoms with van der Waals surface area (Å²) in [5, 5.41) is 3.55. The van der Waals surface area contributed by atoms with Crippen molar-refractivity contribution in [2.75, 3.05) is 18.5 Å². The van der Waals surface area contributed by atoms with Crippen molar-refractivity contribution in [3.05, 3.63) is 36.5 Å². The Labute approximate surface area is 110 Å².